The van der Waals surface area contributed by atoms with Gasteiger partial charge in [-0.2, -0.15) is 4.31 Å². The Morgan fingerprint density at radius 2 is 1.96 bits per heavy atom. The maximum absolute atomic E-state index is 12.4. The molecule has 11 heteroatoms. The summed E-state index contributed by atoms with van der Waals surface area (Å²) in [6.07, 6.45) is -0.130. The molecule has 3 heterocycles. The number of amides is 4. The van der Waals surface area contributed by atoms with Crippen molar-refractivity contribution in [3.05, 3.63) is 17.5 Å². The summed E-state index contributed by atoms with van der Waals surface area (Å²) in [6.45, 7) is 0.918. The van der Waals surface area contributed by atoms with Crippen molar-refractivity contribution >= 4 is 39.2 Å². The maximum Gasteiger partial charge on any atom is 0.322 e. The van der Waals surface area contributed by atoms with Crippen LogP contribution in [0.3, 0.4) is 0 Å². The molecule has 2 N–H and O–H groups in total. The number of piperazine rings is 1. The van der Waals surface area contributed by atoms with Crippen LogP contribution in [0.25, 0.3) is 0 Å². The van der Waals surface area contributed by atoms with E-state index in [1.165, 1.54) is 9.21 Å². The molecular formula is C13H16N4O5S2. The first-order chi connectivity index (χ1) is 11.4. The van der Waals surface area contributed by atoms with Crippen molar-refractivity contribution < 1.29 is 22.8 Å². The Balaban J connectivity index is 1.56. The van der Waals surface area contributed by atoms with E-state index in [1.54, 1.807) is 17.5 Å². The molecule has 1 atom stereocenters. The van der Waals surface area contributed by atoms with Gasteiger partial charge in [0.05, 0.1) is 6.42 Å². The van der Waals surface area contributed by atoms with Gasteiger partial charge >= 0.3 is 6.03 Å². The first kappa shape index (κ1) is 16.9. The first-order valence-corrected chi connectivity index (χ1v) is 9.62. The summed E-state index contributed by atoms with van der Waals surface area (Å²) in [5, 5.41) is 6.15. The first-order valence-electron chi connectivity index (χ1n) is 7.31. The summed E-state index contributed by atoms with van der Waals surface area (Å²) in [4.78, 5) is 36.2. The van der Waals surface area contributed by atoms with Crippen LogP contribution in [0.15, 0.2) is 21.7 Å². The lowest BCUT2D eigenvalue weighted by molar-refractivity contribution is -0.134. The molecule has 0 saturated carbocycles. The van der Waals surface area contributed by atoms with E-state index in [9.17, 15) is 22.8 Å². The Hall–Kier alpha value is -1.98. The summed E-state index contributed by atoms with van der Waals surface area (Å²) >= 11 is 1.16. The summed E-state index contributed by atoms with van der Waals surface area (Å²) in [5.41, 5.74) is 0. The highest BCUT2D eigenvalue weighted by Gasteiger charge is 2.35. The second-order valence-electron chi connectivity index (χ2n) is 5.44. The molecule has 1 aromatic rings. The number of nitrogens with one attached hydrogen (secondary N) is 2. The van der Waals surface area contributed by atoms with Crippen LogP contribution >= 0.6 is 11.3 Å². The fraction of sp³-hybridized carbons (Fsp3) is 0.462. The molecule has 9 nitrogen and oxygen atoms in total. The predicted octanol–water partition coefficient (Wildman–Crippen LogP) is -0.821. The van der Waals surface area contributed by atoms with Gasteiger partial charge in [-0.05, 0) is 11.4 Å². The van der Waals surface area contributed by atoms with E-state index in [4.69, 9.17) is 0 Å². The summed E-state index contributed by atoms with van der Waals surface area (Å²) < 4.78 is 26.5. The predicted molar refractivity (Wildman–Crippen MR) is 84.7 cm³/mol. The second-order valence-corrected chi connectivity index (χ2v) is 8.55. The third kappa shape index (κ3) is 3.28. The van der Waals surface area contributed by atoms with Gasteiger partial charge in [0.2, 0.25) is 5.91 Å². The van der Waals surface area contributed by atoms with Crippen LogP contribution in [-0.2, 0) is 19.6 Å². The minimum Gasteiger partial charge on any atom is -0.340 e. The lowest BCUT2D eigenvalue weighted by atomic mass is 10.2. The smallest absolute Gasteiger partial charge is 0.322 e. The number of thiophene rings is 1. The quantitative estimate of drug-likeness (QED) is 0.670. The van der Waals surface area contributed by atoms with Crippen molar-refractivity contribution in [2.45, 2.75) is 16.7 Å². The molecule has 0 aromatic carbocycles. The lowest BCUT2D eigenvalue weighted by Crippen LogP contribution is -2.51. The molecule has 0 aliphatic carbocycles. The molecule has 2 saturated heterocycles. The van der Waals surface area contributed by atoms with Gasteiger partial charge in [0.15, 0.2) is 0 Å². The third-order valence-electron chi connectivity index (χ3n) is 3.92. The zero-order chi connectivity index (χ0) is 17.3. The van der Waals surface area contributed by atoms with Crippen LogP contribution in [-0.4, -0.2) is 67.7 Å². The third-order valence-corrected chi connectivity index (χ3v) is 7.19. The van der Waals surface area contributed by atoms with Crippen LogP contribution < -0.4 is 10.6 Å². The van der Waals surface area contributed by atoms with Crippen molar-refractivity contribution in [2.24, 2.45) is 0 Å². The number of hydrogen-bond acceptors (Lipinski definition) is 6. The summed E-state index contributed by atoms with van der Waals surface area (Å²) in [6, 6.07) is 1.76. The van der Waals surface area contributed by atoms with E-state index in [-0.39, 0.29) is 42.7 Å². The van der Waals surface area contributed by atoms with Crippen LogP contribution in [0.5, 0.6) is 0 Å². The van der Waals surface area contributed by atoms with Gasteiger partial charge in [-0.25, -0.2) is 13.2 Å². The molecule has 4 amide bonds. The minimum absolute atomic E-state index is 0.130. The standard InChI is InChI=1S/C13H16N4O5S2/c18-10(8-9-12(19)15-13(20)14-9)16-3-5-17(6-4-16)24(21,22)11-2-1-7-23-11/h1-2,7,9H,3-6,8H2,(H2,14,15,19,20)/t9-/m1/s1. The number of nitrogens with zero attached hydrogens (tertiary/aromatic N) is 2. The summed E-state index contributed by atoms with van der Waals surface area (Å²) in [5.74, 6) is -0.808. The fourth-order valence-electron chi connectivity index (χ4n) is 2.62. The molecule has 2 aliphatic heterocycles. The maximum atomic E-state index is 12.4. The number of carbonyl (C=O) groups excluding carboxylic acids is 3. The number of imide groups is 1. The molecule has 130 valence electrons. The molecule has 2 aliphatic rings. The Bertz CT molecular complexity index is 753. The van der Waals surface area contributed by atoms with E-state index in [1.807, 2.05) is 0 Å². The Kier molecular flexibility index (Phi) is 4.56. The molecule has 0 bridgehead atoms. The molecule has 0 unspecified atom stereocenters. The molecule has 0 spiro atoms. The van der Waals surface area contributed by atoms with E-state index >= 15 is 0 Å². The van der Waals surface area contributed by atoms with E-state index in [0.717, 1.165) is 11.3 Å². The van der Waals surface area contributed by atoms with Gasteiger partial charge in [0, 0.05) is 26.2 Å². The average molecular weight is 372 g/mol. The lowest BCUT2D eigenvalue weighted by Gasteiger charge is -2.34. The van der Waals surface area contributed by atoms with Crippen LogP contribution in [0.2, 0.25) is 0 Å². The van der Waals surface area contributed by atoms with Gasteiger partial charge in [0.25, 0.3) is 15.9 Å². The van der Waals surface area contributed by atoms with Crippen LogP contribution in [0.1, 0.15) is 6.42 Å². The van der Waals surface area contributed by atoms with Crippen molar-refractivity contribution in [3.63, 3.8) is 0 Å². The molecular weight excluding hydrogens is 356 g/mol. The van der Waals surface area contributed by atoms with Gasteiger partial charge in [-0.1, -0.05) is 6.07 Å². The Morgan fingerprint density at radius 3 is 2.50 bits per heavy atom. The molecule has 24 heavy (non-hydrogen) atoms. The number of hydrogen-bond donors (Lipinski definition) is 2. The number of carbonyl (C=O) groups is 3. The topological polar surface area (TPSA) is 116 Å². The van der Waals surface area contributed by atoms with E-state index < -0.39 is 28.0 Å². The second kappa shape index (κ2) is 6.49. The largest absolute Gasteiger partial charge is 0.340 e. The summed E-state index contributed by atoms with van der Waals surface area (Å²) in [7, 11) is -3.51. The Labute approximate surface area is 142 Å². The van der Waals surface area contributed by atoms with Crippen molar-refractivity contribution in [1.82, 2.24) is 19.8 Å². The molecule has 3 rings (SSSR count). The van der Waals surface area contributed by atoms with E-state index in [0.29, 0.717) is 0 Å². The zero-order valence-electron chi connectivity index (χ0n) is 12.6. The van der Waals surface area contributed by atoms with E-state index in [2.05, 4.69) is 10.6 Å². The molecule has 1 aromatic heterocycles. The van der Waals surface area contributed by atoms with Gasteiger partial charge < -0.3 is 10.2 Å². The van der Waals surface area contributed by atoms with Crippen LogP contribution in [0, 0.1) is 0 Å². The highest BCUT2D eigenvalue weighted by Crippen LogP contribution is 2.22. The van der Waals surface area contributed by atoms with Gasteiger partial charge in [-0.3, -0.25) is 14.9 Å². The normalized spacial score (nSPS) is 22.3. The Morgan fingerprint density at radius 1 is 1.25 bits per heavy atom. The SMILES string of the molecule is O=C1NC(=O)[C@@H](CC(=O)N2CCN(S(=O)(=O)c3cccs3)CC2)N1. The molecule has 0 radical (unpaired) electrons. The highest BCUT2D eigenvalue weighted by atomic mass is 32.2. The van der Waals surface area contributed by atoms with Crippen molar-refractivity contribution in [3.8, 4) is 0 Å². The van der Waals surface area contributed by atoms with Crippen molar-refractivity contribution in [1.29, 1.82) is 0 Å². The minimum atomic E-state index is -3.51. The average Bonchev–Trinajstić information content (AvgIpc) is 3.18. The van der Waals surface area contributed by atoms with Crippen LogP contribution in [0.4, 0.5) is 4.79 Å². The fourth-order valence-corrected chi connectivity index (χ4v) is 5.19. The van der Waals surface area contributed by atoms with Crippen molar-refractivity contribution in [2.75, 3.05) is 26.2 Å². The number of rotatable bonds is 4. The zero-order valence-corrected chi connectivity index (χ0v) is 14.2. The highest BCUT2D eigenvalue weighted by molar-refractivity contribution is 7.91. The monoisotopic (exact) mass is 372 g/mol. The van der Waals surface area contributed by atoms with Gasteiger partial charge in [-0.15, -0.1) is 11.3 Å². The molecule has 2 fully saturated rings. The van der Waals surface area contributed by atoms with Gasteiger partial charge in [0.1, 0.15) is 10.3 Å². The number of sulfonamides is 1. The number of urea groups is 1.